The van der Waals surface area contributed by atoms with Crippen molar-refractivity contribution in [3.8, 4) is 17.2 Å². The van der Waals surface area contributed by atoms with Gasteiger partial charge in [0.15, 0.2) is 0 Å². The van der Waals surface area contributed by atoms with Crippen molar-refractivity contribution in [1.29, 1.82) is 0 Å². The number of ether oxygens (including phenoxy) is 1. The fourth-order valence-electron chi connectivity index (χ4n) is 1.64. The van der Waals surface area contributed by atoms with E-state index in [2.05, 4.69) is 29.4 Å². The van der Waals surface area contributed by atoms with Gasteiger partial charge in [-0.1, -0.05) is 13.8 Å². The number of methoxy groups -OCH3 is 1. The molecule has 1 heterocycles. The summed E-state index contributed by atoms with van der Waals surface area (Å²) in [5.74, 6) is 2.54. The molecule has 0 aliphatic rings. The molecule has 102 valence electrons. The van der Waals surface area contributed by atoms with Crippen LogP contribution in [0.3, 0.4) is 0 Å². The van der Waals surface area contributed by atoms with Crippen molar-refractivity contribution in [2.24, 2.45) is 5.92 Å². The quantitative estimate of drug-likeness (QED) is 0.865. The Balaban J connectivity index is 1.99. The molecule has 1 aromatic heterocycles. The standard InChI is InChI=1S/C14H19N3O2/c1-10(2)8-15-9-13-16-17-14(19-13)11-4-6-12(18-3)7-5-11/h4-7,10,15H,8-9H2,1-3H3. The van der Waals surface area contributed by atoms with E-state index in [1.54, 1.807) is 7.11 Å². The first kappa shape index (κ1) is 13.5. The van der Waals surface area contributed by atoms with Crippen LogP contribution in [0.2, 0.25) is 0 Å². The third-order valence-electron chi connectivity index (χ3n) is 2.63. The van der Waals surface area contributed by atoms with Crippen molar-refractivity contribution in [2.75, 3.05) is 13.7 Å². The summed E-state index contributed by atoms with van der Waals surface area (Å²) in [4.78, 5) is 0. The van der Waals surface area contributed by atoms with Gasteiger partial charge in [-0.15, -0.1) is 10.2 Å². The van der Waals surface area contributed by atoms with Crippen LogP contribution in [-0.2, 0) is 6.54 Å². The van der Waals surface area contributed by atoms with Gasteiger partial charge in [-0.25, -0.2) is 0 Å². The maximum atomic E-state index is 5.60. The lowest BCUT2D eigenvalue weighted by molar-refractivity contribution is 0.414. The van der Waals surface area contributed by atoms with Crippen LogP contribution in [0, 0.1) is 5.92 Å². The lowest BCUT2D eigenvalue weighted by Crippen LogP contribution is -2.19. The lowest BCUT2D eigenvalue weighted by atomic mass is 10.2. The molecule has 0 spiro atoms. The van der Waals surface area contributed by atoms with Crippen LogP contribution in [0.4, 0.5) is 0 Å². The Bertz CT molecular complexity index is 506. The van der Waals surface area contributed by atoms with E-state index < -0.39 is 0 Å². The van der Waals surface area contributed by atoms with E-state index in [9.17, 15) is 0 Å². The maximum absolute atomic E-state index is 5.60. The molecule has 2 aromatic rings. The third kappa shape index (κ3) is 3.79. The van der Waals surface area contributed by atoms with E-state index in [1.165, 1.54) is 0 Å². The van der Waals surface area contributed by atoms with Crippen LogP contribution in [0.25, 0.3) is 11.5 Å². The average molecular weight is 261 g/mol. The molecule has 0 fully saturated rings. The zero-order valence-electron chi connectivity index (χ0n) is 11.5. The molecule has 0 unspecified atom stereocenters. The van der Waals surface area contributed by atoms with Gasteiger partial charge in [0.2, 0.25) is 11.8 Å². The van der Waals surface area contributed by atoms with Gasteiger partial charge < -0.3 is 14.5 Å². The Morgan fingerprint density at radius 3 is 2.58 bits per heavy atom. The summed E-state index contributed by atoms with van der Waals surface area (Å²) in [6.07, 6.45) is 0. The number of rotatable bonds is 6. The smallest absolute Gasteiger partial charge is 0.247 e. The van der Waals surface area contributed by atoms with E-state index >= 15 is 0 Å². The molecule has 0 saturated carbocycles. The van der Waals surface area contributed by atoms with Crippen molar-refractivity contribution < 1.29 is 9.15 Å². The monoisotopic (exact) mass is 261 g/mol. The minimum Gasteiger partial charge on any atom is -0.497 e. The average Bonchev–Trinajstić information content (AvgIpc) is 2.87. The highest BCUT2D eigenvalue weighted by atomic mass is 16.5. The van der Waals surface area contributed by atoms with Crippen LogP contribution in [-0.4, -0.2) is 23.9 Å². The predicted molar refractivity (Wildman–Crippen MR) is 72.8 cm³/mol. The second-order valence-corrected chi connectivity index (χ2v) is 4.75. The first-order valence-electron chi connectivity index (χ1n) is 6.36. The zero-order valence-corrected chi connectivity index (χ0v) is 11.5. The highest BCUT2D eigenvalue weighted by Crippen LogP contribution is 2.20. The van der Waals surface area contributed by atoms with Gasteiger partial charge in [0, 0.05) is 5.56 Å². The number of benzene rings is 1. The molecule has 0 bridgehead atoms. The molecule has 0 radical (unpaired) electrons. The predicted octanol–water partition coefficient (Wildman–Crippen LogP) is 2.49. The van der Waals surface area contributed by atoms with Gasteiger partial charge in [0.05, 0.1) is 13.7 Å². The Labute approximate surface area is 113 Å². The fraction of sp³-hybridized carbons (Fsp3) is 0.429. The molecule has 0 amide bonds. The van der Waals surface area contributed by atoms with Crippen molar-refractivity contribution in [3.63, 3.8) is 0 Å². The molecule has 5 nitrogen and oxygen atoms in total. The minimum atomic E-state index is 0.531. The molecule has 0 aliphatic heterocycles. The molecule has 1 aromatic carbocycles. The second kappa shape index (κ2) is 6.33. The van der Waals surface area contributed by atoms with E-state index in [0.717, 1.165) is 17.9 Å². The molecule has 2 rings (SSSR count). The molecule has 19 heavy (non-hydrogen) atoms. The largest absolute Gasteiger partial charge is 0.497 e. The highest BCUT2D eigenvalue weighted by Gasteiger charge is 2.08. The SMILES string of the molecule is COc1ccc(-c2nnc(CNCC(C)C)o2)cc1. The molecule has 0 aliphatic carbocycles. The Morgan fingerprint density at radius 2 is 1.95 bits per heavy atom. The van der Waals surface area contributed by atoms with Crippen LogP contribution >= 0.6 is 0 Å². The lowest BCUT2D eigenvalue weighted by Gasteiger charge is -2.03. The van der Waals surface area contributed by atoms with Crippen LogP contribution < -0.4 is 10.1 Å². The summed E-state index contributed by atoms with van der Waals surface area (Å²) in [6, 6.07) is 7.54. The Kier molecular flexibility index (Phi) is 4.52. The van der Waals surface area contributed by atoms with Crippen molar-refractivity contribution in [3.05, 3.63) is 30.2 Å². The molecule has 0 atom stereocenters. The number of hydrogen-bond donors (Lipinski definition) is 1. The summed E-state index contributed by atoms with van der Waals surface area (Å²) in [5.41, 5.74) is 0.892. The number of hydrogen-bond acceptors (Lipinski definition) is 5. The van der Waals surface area contributed by atoms with E-state index in [4.69, 9.17) is 9.15 Å². The van der Waals surface area contributed by atoms with Crippen molar-refractivity contribution in [1.82, 2.24) is 15.5 Å². The van der Waals surface area contributed by atoms with E-state index in [-0.39, 0.29) is 0 Å². The Morgan fingerprint density at radius 1 is 1.21 bits per heavy atom. The normalized spacial score (nSPS) is 10.9. The van der Waals surface area contributed by atoms with Crippen LogP contribution in [0.5, 0.6) is 5.75 Å². The molecule has 5 heteroatoms. The number of nitrogens with zero attached hydrogens (tertiary/aromatic N) is 2. The van der Waals surface area contributed by atoms with Gasteiger partial charge in [-0.3, -0.25) is 0 Å². The topological polar surface area (TPSA) is 60.2 Å². The third-order valence-corrected chi connectivity index (χ3v) is 2.63. The van der Waals surface area contributed by atoms with Crippen molar-refractivity contribution >= 4 is 0 Å². The highest BCUT2D eigenvalue weighted by molar-refractivity contribution is 5.53. The van der Waals surface area contributed by atoms with E-state index in [0.29, 0.717) is 24.2 Å². The molecular weight excluding hydrogens is 242 g/mol. The first-order valence-corrected chi connectivity index (χ1v) is 6.36. The maximum Gasteiger partial charge on any atom is 0.247 e. The Hall–Kier alpha value is -1.88. The van der Waals surface area contributed by atoms with Gasteiger partial charge in [-0.05, 0) is 36.7 Å². The van der Waals surface area contributed by atoms with Gasteiger partial charge in [0.1, 0.15) is 5.75 Å². The summed E-state index contributed by atoms with van der Waals surface area (Å²) >= 11 is 0. The van der Waals surface area contributed by atoms with Gasteiger partial charge in [-0.2, -0.15) is 0 Å². The van der Waals surface area contributed by atoms with Crippen LogP contribution in [0.1, 0.15) is 19.7 Å². The summed E-state index contributed by atoms with van der Waals surface area (Å²) < 4.78 is 10.7. The number of aromatic nitrogens is 2. The first-order chi connectivity index (χ1) is 9.19. The number of nitrogens with one attached hydrogen (secondary N) is 1. The summed E-state index contributed by atoms with van der Waals surface area (Å²) in [6.45, 7) is 5.84. The van der Waals surface area contributed by atoms with Gasteiger partial charge in [0.25, 0.3) is 0 Å². The second-order valence-electron chi connectivity index (χ2n) is 4.75. The van der Waals surface area contributed by atoms with Crippen LogP contribution in [0.15, 0.2) is 28.7 Å². The minimum absolute atomic E-state index is 0.531. The fourth-order valence-corrected chi connectivity index (χ4v) is 1.64. The van der Waals surface area contributed by atoms with Gasteiger partial charge >= 0.3 is 0 Å². The summed E-state index contributed by atoms with van der Waals surface area (Å²) in [5, 5.41) is 11.3. The summed E-state index contributed by atoms with van der Waals surface area (Å²) in [7, 11) is 1.64. The molecule has 1 N–H and O–H groups in total. The van der Waals surface area contributed by atoms with E-state index in [1.807, 2.05) is 24.3 Å². The molecule has 0 saturated heterocycles. The van der Waals surface area contributed by atoms with Crippen molar-refractivity contribution in [2.45, 2.75) is 20.4 Å². The zero-order chi connectivity index (χ0) is 13.7. The molecular formula is C14H19N3O2.